The Morgan fingerprint density at radius 2 is 1.80 bits per heavy atom. The van der Waals surface area contributed by atoms with Gasteiger partial charge in [0.25, 0.3) is 0 Å². The average molecular weight is 273 g/mol. The van der Waals surface area contributed by atoms with Gasteiger partial charge in [-0.05, 0) is 37.3 Å². The zero-order chi connectivity index (χ0) is 14.6. The van der Waals surface area contributed by atoms with Gasteiger partial charge in [0.1, 0.15) is 0 Å². The highest BCUT2D eigenvalue weighted by Crippen LogP contribution is 2.07. The number of hydrogen-bond acceptors (Lipinski definition) is 1. The van der Waals surface area contributed by atoms with Gasteiger partial charge in [-0.3, -0.25) is 4.79 Å². The number of carbonyl (C=O) groups is 1. The van der Waals surface area contributed by atoms with E-state index in [2.05, 4.69) is 43.8 Å². The van der Waals surface area contributed by atoms with Crippen molar-refractivity contribution < 1.29 is 4.79 Å². The maximum atomic E-state index is 11.7. The average Bonchev–Trinajstić information content (AvgIpc) is 2.50. The summed E-state index contributed by atoms with van der Waals surface area (Å²) in [6.45, 7) is 7.45. The Hall–Kier alpha value is -1.57. The molecular weight excluding hydrogens is 246 g/mol. The molecule has 0 N–H and O–H groups in total. The van der Waals surface area contributed by atoms with Crippen LogP contribution in [0.5, 0.6) is 0 Å². The number of nitrogens with zero attached hydrogens (tertiary/aromatic N) is 1. The Balaban J connectivity index is 2.19. The van der Waals surface area contributed by atoms with Crippen molar-refractivity contribution in [3.8, 4) is 0 Å². The fourth-order valence-corrected chi connectivity index (χ4v) is 2.26. The first kappa shape index (κ1) is 16.5. The zero-order valence-electron chi connectivity index (χ0n) is 12.7. The van der Waals surface area contributed by atoms with Gasteiger partial charge in [-0.1, -0.05) is 56.7 Å². The maximum absolute atomic E-state index is 11.7. The van der Waals surface area contributed by atoms with Crippen LogP contribution in [-0.2, 0) is 11.2 Å². The Morgan fingerprint density at radius 3 is 2.45 bits per heavy atom. The topological polar surface area (TPSA) is 20.3 Å². The van der Waals surface area contributed by atoms with E-state index >= 15 is 0 Å². The van der Waals surface area contributed by atoms with Crippen LogP contribution in [0.25, 0.3) is 0 Å². The highest BCUT2D eigenvalue weighted by atomic mass is 16.2. The molecule has 2 heteroatoms. The minimum absolute atomic E-state index is 0.0708. The molecule has 1 rings (SSSR count). The predicted molar refractivity (Wildman–Crippen MR) is 85.7 cm³/mol. The third kappa shape index (κ3) is 6.55. The van der Waals surface area contributed by atoms with Crippen LogP contribution in [0.4, 0.5) is 0 Å². The van der Waals surface area contributed by atoms with Crippen molar-refractivity contribution in [2.45, 2.75) is 45.4 Å². The highest BCUT2D eigenvalue weighted by molar-refractivity contribution is 5.86. The Morgan fingerprint density at radius 1 is 1.10 bits per heavy atom. The van der Waals surface area contributed by atoms with Crippen LogP contribution in [0.15, 0.2) is 43.0 Å². The molecule has 2 nitrogen and oxygen atoms in total. The van der Waals surface area contributed by atoms with Crippen LogP contribution < -0.4 is 0 Å². The standard InChI is InChI=1S/C18H27NO/c1-3-5-15-19(18(20)4-2)16-11-7-10-14-17-12-8-6-9-13-17/h4,6,8-9,12-13H,2-3,5,7,10-11,14-16H2,1H3. The highest BCUT2D eigenvalue weighted by Gasteiger charge is 2.08. The van der Waals surface area contributed by atoms with E-state index in [0.717, 1.165) is 38.8 Å². The van der Waals surface area contributed by atoms with E-state index in [9.17, 15) is 4.79 Å². The number of hydrogen-bond donors (Lipinski definition) is 0. The molecule has 0 aliphatic rings. The molecule has 0 aliphatic carbocycles. The Labute approximate surface area is 123 Å². The summed E-state index contributed by atoms with van der Waals surface area (Å²) in [6, 6.07) is 10.6. The normalized spacial score (nSPS) is 10.2. The van der Waals surface area contributed by atoms with E-state index < -0.39 is 0 Å². The summed E-state index contributed by atoms with van der Waals surface area (Å²) in [5.74, 6) is 0.0708. The van der Waals surface area contributed by atoms with Gasteiger partial charge in [0, 0.05) is 13.1 Å². The first-order valence-electron chi connectivity index (χ1n) is 7.73. The second-order valence-electron chi connectivity index (χ2n) is 5.18. The molecule has 1 aromatic rings. The molecule has 0 heterocycles. The van der Waals surface area contributed by atoms with Crippen molar-refractivity contribution in [1.29, 1.82) is 0 Å². The minimum atomic E-state index is 0.0708. The van der Waals surface area contributed by atoms with Gasteiger partial charge in [-0.2, -0.15) is 0 Å². The molecule has 0 fully saturated rings. The monoisotopic (exact) mass is 273 g/mol. The van der Waals surface area contributed by atoms with Crippen LogP contribution in [0.3, 0.4) is 0 Å². The predicted octanol–water partition coefficient (Wildman–Crippen LogP) is 4.21. The van der Waals surface area contributed by atoms with Gasteiger partial charge < -0.3 is 4.90 Å². The Bertz CT molecular complexity index is 386. The number of rotatable bonds is 10. The molecule has 0 saturated carbocycles. The quantitative estimate of drug-likeness (QED) is 0.462. The van der Waals surface area contributed by atoms with Gasteiger partial charge in [0.05, 0.1) is 0 Å². The third-order valence-corrected chi connectivity index (χ3v) is 3.50. The summed E-state index contributed by atoms with van der Waals surface area (Å²) in [5.41, 5.74) is 1.40. The molecule has 1 aromatic carbocycles. The van der Waals surface area contributed by atoms with Crippen molar-refractivity contribution in [1.82, 2.24) is 4.90 Å². The summed E-state index contributed by atoms with van der Waals surface area (Å²) >= 11 is 0. The molecule has 0 radical (unpaired) electrons. The van der Waals surface area contributed by atoms with Crippen molar-refractivity contribution in [2.75, 3.05) is 13.1 Å². The molecular formula is C18H27NO. The number of amides is 1. The van der Waals surface area contributed by atoms with Gasteiger partial charge >= 0.3 is 0 Å². The molecule has 0 saturated heterocycles. The summed E-state index contributed by atoms with van der Waals surface area (Å²) < 4.78 is 0. The van der Waals surface area contributed by atoms with Crippen LogP contribution in [-0.4, -0.2) is 23.9 Å². The van der Waals surface area contributed by atoms with Crippen molar-refractivity contribution in [3.05, 3.63) is 48.6 Å². The van der Waals surface area contributed by atoms with E-state index in [1.165, 1.54) is 24.5 Å². The summed E-state index contributed by atoms with van der Waals surface area (Å²) in [5, 5.41) is 0. The fraction of sp³-hybridized carbons (Fsp3) is 0.500. The SMILES string of the molecule is C=CC(=O)N(CCCC)CCCCCc1ccccc1. The lowest BCUT2D eigenvalue weighted by Gasteiger charge is -2.20. The van der Waals surface area contributed by atoms with Crippen molar-refractivity contribution in [3.63, 3.8) is 0 Å². The van der Waals surface area contributed by atoms with Crippen LogP contribution >= 0.6 is 0 Å². The van der Waals surface area contributed by atoms with Crippen LogP contribution in [0.1, 0.15) is 44.6 Å². The largest absolute Gasteiger partial charge is 0.339 e. The third-order valence-electron chi connectivity index (χ3n) is 3.50. The molecule has 0 unspecified atom stereocenters. The number of unbranched alkanes of at least 4 members (excludes halogenated alkanes) is 3. The number of aryl methyl sites for hydroxylation is 1. The fourth-order valence-electron chi connectivity index (χ4n) is 2.26. The maximum Gasteiger partial charge on any atom is 0.245 e. The minimum Gasteiger partial charge on any atom is -0.339 e. The lowest BCUT2D eigenvalue weighted by molar-refractivity contribution is -0.126. The van der Waals surface area contributed by atoms with Gasteiger partial charge in [-0.25, -0.2) is 0 Å². The first-order chi connectivity index (χ1) is 9.77. The van der Waals surface area contributed by atoms with E-state index in [-0.39, 0.29) is 5.91 Å². The molecule has 110 valence electrons. The van der Waals surface area contributed by atoms with Crippen molar-refractivity contribution in [2.24, 2.45) is 0 Å². The smallest absolute Gasteiger partial charge is 0.245 e. The Kier molecular flexibility index (Phi) is 8.44. The van der Waals surface area contributed by atoms with Gasteiger partial charge in [0.2, 0.25) is 5.91 Å². The van der Waals surface area contributed by atoms with Crippen LogP contribution in [0.2, 0.25) is 0 Å². The second-order valence-corrected chi connectivity index (χ2v) is 5.18. The number of benzene rings is 1. The first-order valence-corrected chi connectivity index (χ1v) is 7.73. The molecule has 0 atom stereocenters. The lowest BCUT2D eigenvalue weighted by Crippen LogP contribution is -2.31. The van der Waals surface area contributed by atoms with Gasteiger partial charge in [-0.15, -0.1) is 0 Å². The summed E-state index contributed by atoms with van der Waals surface area (Å²) in [6.07, 6.45) is 8.19. The zero-order valence-corrected chi connectivity index (χ0v) is 12.7. The van der Waals surface area contributed by atoms with Crippen molar-refractivity contribution >= 4 is 5.91 Å². The molecule has 0 bridgehead atoms. The molecule has 0 aromatic heterocycles. The summed E-state index contributed by atoms with van der Waals surface area (Å²) in [7, 11) is 0. The molecule has 0 aliphatic heterocycles. The summed E-state index contributed by atoms with van der Waals surface area (Å²) in [4.78, 5) is 13.6. The lowest BCUT2D eigenvalue weighted by atomic mass is 10.1. The molecule has 0 spiro atoms. The van der Waals surface area contributed by atoms with E-state index in [4.69, 9.17) is 0 Å². The second kappa shape index (κ2) is 10.2. The molecule has 20 heavy (non-hydrogen) atoms. The van der Waals surface area contributed by atoms with E-state index in [0.29, 0.717) is 0 Å². The number of carbonyl (C=O) groups excluding carboxylic acids is 1. The van der Waals surface area contributed by atoms with E-state index in [1.807, 2.05) is 4.90 Å². The van der Waals surface area contributed by atoms with E-state index in [1.54, 1.807) is 0 Å². The van der Waals surface area contributed by atoms with Crippen LogP contribution in [0, 0.1) is 0 Å². The molecule has 1 amide bonds. The van der Waals surface area contributed by atoms with Gasteiger partial charge in [0.15, 0.2) is 0 Å².